The van der Waals surface area contributed by atoms with Crippen LogP contribution in [0.2, 0.25) is 10.0 Å². The molecule has 5 nitrogen and oxygen atoms in total. The van der Waals surface area contributed by atoms with Gasteiger partial charge in [-0.1, -0.05) is 35.3 Å². The van der Waals surface area contributed by atoms with E-state index in [0.717, 1.165) is 9.87 Å². The zero-order valence-corrected chi connectivity index (χ0v) is 20.5. The van der Waals surface area contributed by atoms with Gasteiger partial charge >= 0.3 is 0 Å². The number of anilines is 1. The Morgan fingerprint density at radius 1 is 0.968 bits per heavy atom. The maximum atomic E-state index is 13.5. The van der Waals surface area contributed by atoms with Crippen molar-refractivity contribution in [3.05, 3.63) is 86.3 Å². The van der Waals surface area contributed by atoms with Crippen molar-refractivity contribution in [3.8, 4) is 5.75 Å². The standard InChI is InChI=1S/C22H18BrCl2NO4S/c1-14-3-4-15(2)20(11-14)26(31(28,29)18-8-5-16(24)6-9-18)22(27)13-30-21-10-7-17(25)12-19(21)23/h3-12H,13H2,1-2H3. The summed E-state index contributed by atoms with van der Waals surface area (Å²) >= 11 is 15.2. The van der Waals surface area contributed by atoms with Gasteiger partial charge in [0.05, 0.1) is 15.1 Å². The van der Waals surface area contributed by atoms with Crippen LogP contribution in [-0.2, 0) is 14.8 Å². The number of amides is 1. The van der Waals surface area contributed by atoms with Crippen LogP contribution in [0.3, 0.4) is 0 Å². The molecule has 0 saturated heterocycles. The van der Waals surface area contributed by atoms with E-state index in [1.807, 2.05) is 13.0 Å². The second kappa shape index (κ2) is 9.61. The van der Waals surface area contributed by atoms with Crippen LogP contribution in [0, 0.1) is 13.8 Å². The molecule has 3 aromatic carbocycles. The van der Waals surface area contributed by atoms with Crippen molar-refractivity contribution in [1.82, 2.24) is 0 Å². The third kappa shape index (κ3) is 5.41. The Labute approximate surface area is 199 Å². The molecule has 0 heterocycles. The molecule has 0 atom stereocenters. The summed E-state index contributed by atoms with van der Waals surface area (Å²) in [7, 11) is -4.22. The van der Waals surface area contributed by atoms with Crippen LogP contribution in [0.5, 0.6) is 5.75 Å². The Balaban J connectivity index is 2.02. The summed E-state index contributed by atoms with van der Waals surface area (Å²) in [5.41, 5.74) is 1.70. The normalized spacial score (nSPS) is 11.3. The van der Waals surface area contributed by atoms with E-state index < -0.39 is 22.5 Å². The highest BCUT2D eigenvalue weighted by Gasteiger charge is 2.32. The Bertz CT molecular complexity index is 1230. The molecule has 0 N–H and O–H groups in total. The molecule has 31 heavy (non-hydrogen) atoms. The summed E-state index contributed by atoms with van der Waals surface area (Å²) in [6.45, 7) is 3.06. The topological polar surface area (TPSA) is 63.7 Å². The van der Waals surface area contributed by atoms with E-state index in [4.69, 9.17) is 27.9 Å². The van der Waals surface area contributed by atoms with Gasteiger partial charge in [0.1, 0.15) is 5.75 Å². The van der Waals surface area contributed by atoms with Crippen molar-refractivity contribution in [2.75, 3.05) is 10.9 Å². The zero-order valence-electron chi connectivity index (χ0n) is 16.6. The molecule has 0 aliphatic heterocycles. The Kier molecular flexibility index (Phi) is 7.31. The van der Waals surface area contributed by atoms with E-state index in [9.17, 15) is 13.2 Å². The van der Waals surface area contributed by atoms with Crippen LogP contribution in [0.25, 0.3) is 0 Å². The number of rotatable bonds is 6. The highest BCUT2D eigenvalue weighted by atomic mass is 79.9. The van der Waals surface area contributed by atoms with Gasteiger partial charge in [0, 0.05) is 10.0 Å². The summed E-state index contributed by atoms with van der Waals surface area (Å²) in [4.78, 5) is 13.1. The van der Waals surface area contributed by atoms with Gasteiger partial charge in [-0.05, 0) is 89.4 Å². The summed E-state index contributed by atoms with van der Waals surface area (Å²) in [5, 5.41) is 0.882. The van der Waals surface area contributed by atoms with Gasteiger partial charge in [-0.3, -0.25) is 4.79 Å². The fourth-order valence-corrected chi connectivity index (χ4v) is 5.23. The highest BCUT2D eigenvalue weighted by Crippen LogP contribution is 2.31. The van der Waals surface area contributed by atoms with Crippen molar-refractivity contribution in [3.63, 3.8) is 0 Å². The van der Waals surface area contributed by atoms with Crippen molar-refractivity contribution >= 4 is 60.7 Å². The fraction of sp³-hybridized carbons (Fsp3) is 0.136. The third-order valence-corrected chi connectivity index (χ3v) is 7.26. The fourth-order valence-electron chi connectivity index (χ4n) is 2.84. The molecule has 0 unspecified atom stereocenters. The van der Waals surface area contributed by atoms with Gasteiger partial charge in [0.25, 0.3) is 15.9 Å². The number of sulfonamides is 1. The first-order valence-electron chi connectivity index (χ1n) is 9.08. The van der Waals surface area contributed by atoms with Gasteiger partial charge in [-0.2, -0.15) is 4.31 Å². The van der Waals surface area contributed by atoms with E-state index >= 15 is 0 Å². The predicted molar refractivity (Wildman–Crippen MR) is 127 cm³/mol. The molecule has 9 heteroatoms. The largest absolute Gasteiger partial charge is 0.483 e. The second-order valence-corrected chi connectivity index (χ2v) is 10.3. The molecule has 0 aliphatic rings. The lowest BCUT2D eigenvalue weighted by Crippen LogP contribution is -2.40. The zero-order chi connectivity index (χ0) is 22.8. The molecule has 0 saturated carbocycles. The minimum Gasteiger partial charge on any atom is -0.483 e. The molecule has 0 spiro atoms. The highest BCUT2D eigenvalue weighted by molar-refractivity contribution is 9.10. The Hall–Kier alpha value is -2.06. The van der Waals surface area contributed by atoms with E-state index in [1.165, 1.54) is 24.3 Å². The first-order chi connectivity index (χ1) is 14.6. The van der Waals surface area contributed by atoms with Crippen LogP contribution in [0.1, 0.15) is 11.1 Å². The van der Waals surface area contributed by atoms with Gasteiger partial charge in [0.2, 0.25) is 0 Å². The van der Waals surface area contributed by atoms with Crippen molar-refractivity contribution in [2.45, 2.75) is 18.7 Å². The third-order valence-electron chi connectivity index (χ3n) is 4.41. The number of benzene rings is 3. The van der Waals surface area contributed by atoms with Crippen LogP contribution in [0.15, 0.2) is 70.0 Å². The minimum absolute atomic E-state index is 0.0566. The monoisotopic (exact) mass is 541 g/mol. The number of nitrogens with zero attached hydrogens (tertiary/aromatic N) is 1. The molecule has 0 fully saturated rings. The van der Waals surface area contributed by atoms with E-state index in [2.05, 4.69) is 15.9 Å². The van der Waals surface area contributed by atoms with Gasteiger partial charge < -0.3 is 4.74 Å². The van der Waals surface area contributed by atoms with Crippen LogP contribution < -0.4 is 9.04 Å². The molecular weight excluding hydrogens is 525 g/mol. The maximum absolute atomic E-state index is 13.5. The molecule has 0 bridgehead atoms. The van der Waals surface area contributed by atoms with Crippen molar-refractivity contribution < 1.29 is 17.9 Å². The maximum Gasteiger partial charge on any atom is 0.278 e. The van der Waals surface area contributed by atoms with Crippen LogP contribution >= 0.6 is 39.1 Å². The average Bonchev–Trinajstić information content (AvgIpc) is 2.70. The lowest BCUT2D eigenvalue weighted by Gasteiger charge is -2.25. The first-order valence-corrected chi connectivity index (χ1v) is 12.1. The van der Waals surface area contributed by atoms with Gasteiger partial charge in [-0.15, -0.1) is 0 Å². The summed E-state index contributed by atoms with van der Waals surface area (Å²) in [5.74, 6) is -0.381. The van der Waals surface area contributed by atoms with E-state index in [-0.39, 0.29) is 10.6 Å². The average molecular weight is 543 g/mol. The minimum atomic E-state index is -4.22. The molecule has 0 aliphatic carbocycles. The number of halogens is 3. The number of carbonyl (C=O) groups is 1. The van der Waals surface area contributed by atoms with E-state index in [0.29, 0.717) is 25.8 Å². The Morgan fingerprint density at radius 3 is 2.26 bits per heavy atom. The first kappa shape index (κ1) is 23.6. The molecule has 1 amide bonds. The predicted octanol–water partition coefficient (Wildman–Crippen LogP) is 6.17. The number of hydrogen-bond donors (Lipinski definition) is 0. The molecule has 3 rings (SSSR count). The number of aryl methyl sites for hydroxylation is 2. The Morgan fingerprint density at radius 2 is 1.61 bits per heavy atom. The lowest BCUT2D eigenvalue weighted by molar-refractivity contribution is -0.119. The number of ether oxygens (including phenoxy) is 1. The van der Waals surface area contributed by atoms with Crippen LogP contribution in [-0.4, -0.2) is 20.9 Å². The van der Waals surface area contributed by atoms with Gasteiger partial charge in [0.15, 0.2) is 6.61 Å². The summed E-state index contributed by atoms with van der Waals surface area (Å²) in [6, 6.07) is 15.7. The molecule has 162 valence electrons. The smallest absolute Gasteiger partial charge is 0.278 e. The molecule has 0 radical (unpaired) electrons. The SMILES string of the molecule is Cc1ccc(C)c(N(C(=O)COc2ccc(Cl)cc2Br)S(=O)(=O)c2ccc(Cl)cc2)c1. The lowest BCUT2D eigenvalue weighted by atomic mass is 10.1. The summed E-state index contributed by atoms with van der Waals surface area (Å²) in [6.07, 6.45) is 0. The van der Waals surface area contributed by atoms with E-state index in [1.54, 1.807) is 37.3 Å². The van der Waals surface area contributed by atoms with Crippen molar-refractivity contribution in [2.24, 2.45) is 0 Å². The second-order valence-electron chi connectivity index (χ2n) is 6.77. The summed E-state index contributed by atoms with van der Waals surface area (Å²) < 4.78 is 33.8. The van der Waals surface area contributed by atoms with Crippen molar-refractivity contribution in [1.29, 1.82) is 0 Å². The number of carbonyl (C=O) groups excluding carboxylic acids is 1. The molecular formula is C22H18BrCl2NO4S. The van der Waals surface area contributed by atoms with Gasteiger partial charge in [-0.25, -0.2) is 8.42 Å². The molecule has 0 aromatic heterocycles. The molecule has 3 aromatic rings. The van der Waals surface area contributed by atoms with Crippen LogP contribution in [0.4, 0.5) is 5.69 Å². The number of hydrogen-bond acceptors (Lipinski definition) is 4. The quantitative estimate of drug-likeness (QED) is 0.373.